The largest absolute Gasteiger partial charge is 0.310 e. The molecule has 0 radical (unpaired) electrons. The van der Waals surface area contributed by atoms with Crippen LogP contribution in [0.4, 0.5) is 0 Å². The van der Waals surface area contributed by atoms with Crippen LogP contribution in [0, 0.1) is 11.3 Å². The van der Waals surface area contributed by atoms with E-state index in [1.54, 1.807) is 0 Å². The Morgan fingerprint density at radius 1 is 1.05 bits per heavy atom. The molecule has 0 unspecified atom stereocenters. The van der Waals surface area contributed by atoms with E-state index in [1.807, 2.05) is 18.2 Å². The molecular formula is C19H30N2. The second-order valence-electron chi connectivity index (χ2n) is 5.88. The third-order valence-corrected chi connectivity index (χ3v) is 3.96. The molecule has 1 N–H and O–H groups in total. The van der Waals surface area contributed by atoms with E-state index < -0.39 is 0 Å². The van der Waals surface area contributed by atoms with Crippen molar-refractivity contribution in [1.29, 1.82) is 5.26 Å². The zero-order valence-corrected chi connectivity index (χ0v) is 13.7. The van der Waals surface area contributed by atoms with E-state index in [2.05, 4.69) is 31.3 Å². The van der Waals surface area contributed by atoms with Crippen molar-refractivity contribution in [3.63, 3.8) is 0 Å². The minimum atomic E-state index is 0.619. The fourth-order valence-electron chi connectivity index (χ4n) is 2.64. The van der Waals surface area contributed by atoms with Gasteiger partial charge in [-0.15, -0.1) is 0 Å². The highest BCUT2D eigenvalue weighted by molar-refractivity contribution is 5.32. The molecule has 2 heteroatoms. The second-order valence-corrected chi connectivity index (χ2v) is 5.88. The van der Waals surface area contributed by atoms with Crippen LogP contribution in [0.1, 0.15) is 76.3 Å². The molecule has 21 heavy (non-hydrogen) atoms. The maximum Gasteiger partial charge on any atom is 0.0991 e. The lowest BCUT2D eigenvalue weighted by atomic mass is 10.0. The fourth-order valence-corrected chi connectivity index (χ4v) is 2.64. The van der Waals surface area contributed by atoms with Crippen LogP contribution in [0.2, 0.25) is 0 Å². The van der Waals surface area contributed by atoms with E-state index in [0.717, 1.165) is 12.1 Å². The van der Waals surface area contributed by atoms with Gasteiger partial charge in [0.2, 0.25) is 0 Å². The standard InChI is InChI=1S/C19H30N2/c1-3-5-7-12-19(13-8-6-4-2)21-16-18-11-9-10-17(14-18)15-20/h9-11,14,19,21H,3-8,12-13,16H2,1-2H3. The van der Waals surface area contributed by atoms with E-state index in [-0.39, 0.29) is 0 Å². The molecule has 116 valence electrons. The molecule has 0 saturated carbocycles. The van der Waals surface area contributed by atoms with Gasteiger partial charge in [-0.25, -0.2) is 0 Å². The van der Waals surface area contributed by atoms with Crippen LogP contribution in [0.25, 0.3) is 0 Å². The SMILES string of the molecule is CCCCCC(CCCCC)NCc1cccc(C#N)c1. The van der Waals surface area contributed by atoms with Crippen molar-refractivity contribution < 1.29 is 0 Å². The van der Waals surface area contributed by atoms with Gasteiger partial charge in [-0.05, 0) is 30.5 Å². The van der Waals surface area contributed by atoms with Crippen LogP contribution in [-0.4, -0.2) is 6.04 Å². The first kappa shape index (κ1) is 17.7. The summed E-state index contributed by atoms with van der Waals surface area (Å²) in [6.45, 7) is 5.39. The van der Waals surface area contributed by atoms with E-state index in [1.165, 1.54) is 56.9 Å². The highest BCUT2D eigenvalue weighted by Crippen LogP contribution is 2.12. The first-order valence-corrected chi connectivity index (χ1v) is 8.52. The number of benzene rings is 1. The molecule has 0 aliphatic rings. The predicted octanol–water partition coefficient (Wildman–Crippen LogP) is 5.18. The summed E-state index contributed by atoms with van der Waals surface area (Å²) < 4.78 is 0. The summed E-state index contributed by atoms with van der Waals surface area (Å²) in [5.41, 5.74) is 1.97. The normalized spacial score (nSPS) is 10.8. The van der Waals surface area contributed by atoms with Crippen molar-refractivity contribution in [2.24, 2.45) is 0 Å². The topological polar surface area (TPSA) is 35.8 Å². The first-order valence-electron chi connectivity index (χ1n) is 8.52. The van der Waals surface area contributed by atoms with Crippen molar-refractivity contribution in [2.45, 2.75) is 77.8 Å². The van der Waals surface area contributed by atoms with E-state index in [4.69, 9.17) is 5.26 Å². The first-order chi connectivity index (χ1) is 10.3. The Morgan fingerprint density at radius 3 is 2.29 bits per heavy atom. The Kier molecular flexibility index (Phi) is 9.57. The highest BCUT2D eigenvalue weighted by atomic mass is 14.9. The molecule has 0 atom stereocenters. The van der Waals surface area contributed by atoms with Crippen molar-refractivity contribution in [3.05, 3.63) is 35.4 Å². The molecule has 0 saturated heterocycles. The second kappa shape index (κ2) is 11.3. The smallest absolute Gasteiger partial charge is 0.0991 e. The molecule has 0 fully saturated rings. The summed E-state index contributed by atoms with van der Waals surface area (Å²) >= 11 is 0. The number of nitriles is 1. The summed E-state index contributed by atoms with van der Waals surface area (Å²) in [7, 11) is 0. The zero-order valence-electron chi connectivity index (χ0n) is 13.7. The summed E-state index contributed by atoms with van der Waals surface area (Å²) in [5.74, 6) is 0. The van der Waals surface area contributed by atoms with Crippen LogP contribution < -0.4 is 5.32 Å². The molecule has 1 aromatic carbocycles. The number of unbranched alkanes of at least 4 members (excludes halogenated alkanes) is 4. The van der Waals surface area contributed by atoms with Crippen LogP contribution in [-0.2, 0) is 6.54 Å². The van der Waals surface area contributed by atoms with Gasteiger partial charge in [0.05, 0.1) is 11.6 Å². The Hall–Kier alpha value is -1.33. The molecule has 2 nitrogen and oxygen atoms in total. The van der Waals surface area contributed by atoms with Crippen LogP contribution in [0.3, 0.4) is 0 Å². The van der Waals surface area contributed by atoms with Gasteiger partial charge in [-0.2, -0.15) is 5.26 Å². The van der Waals surface area contributed by atoms with Gasteiger partial charge in [0, 0.05) is 12.6 Å². The number of hydrogen-bond donors (Lipinski definition) is 1. The predicted molar refractivity (Wildman–Crippen MR) is 90.1 cm³/mol. The quantitative estimate of drug-likeness (QED) is 0.569. The average Bonchev–Trinajstić information content (AvgIpc) is 2.52. The van der Waals surface area contributed by atoms with Gasteiger partial charge in [-0.1, -0.05) is 64.5 Å². The van der Waals surface area contributed by atoms with Gasteiger partial charge >= 0.3 is 0 Å². The lowest BCUT2D eigenvalue weighted by Gasteiger charge is -2.19. The summed E-state index contributed by atoms with van der Waals surface area (Å²) in [5, 5.41) is 12.7. The molecule has 0 aliphatic heterocycles. The van der Waals surface area contributed by atoms with Gasteiger partial charge in [0.25, 0.3) is 0 Å². The summed E-state index contributed by atoms with van der Waals surface area (Å²) in [6.07, 6.45) is 10.4. The number of hydrogen-bond acceptors (Lipinski definition) is 2. The molecule has 0 aromatic heterocycles. The number of rotatable bonds is 11. The monoisotopic (exact) mass is 286 g/mol. The molecule has 0 spiro atoms. The average molecular weight is 286 g/mol. The van der Waals surface area contributed by atoms with E-state index in [9.17, 15) is 0 Å². The lowest BCUT2D eigenvalue weighted by Crippen LogP contribution is -2.28. The Morgan fingerprint density at radius 2 is 1.71 bits per heavy atom. The van der Waals surface area contributed by atoms with Gasteiger partial charge < -0.3 is 5.32 Å². The summed E-state index contributed by atoms with van der Waals surface area (Å²) in [4.78, 5) is 0. The third kappa shape index (κ3) is 7.87. The van der Waals surface area contributed by atoms with Gasteiger partial charge in [-0.3, -0.25) is 0 Å². The number of nitrogens with one attached hydrogen (secondary N) is 1. The summed E-state index contributed by atoms with van der Waals surface area (Å²) in [6, 6.07) is 10.8. The van der Waals surface area contributed by atoms with Crippen LogP contribution >= 0.6 is 0 Å². The maximum atomic E-state index is 8.96. The molecule has 0 aliphatic carbocycles. The zero-order chi connectivity index (χ0) is 15.3. The molecule has 1 aromatic rings. The number of nitrogens with zero attached hydrogens (tertiary/aromatic N) is 1. The van der Waals surface area contributed by atoms with Crippen molar-refractivity contribution in [3.8, 4) is 6.07 Å². The van der Waals surface area contributed by atoms with Crippen molar-refractivity contribution >= 4 is 0 Å². The Bertz CT molecular complexity index is 410. The lowest BCUT2D eigenvalue weighted by molar-refractivity contribution is 0.417. The van der Waals surface area contributed by atoms with Crippen molar-refractivity contribution in [1.82, 2.24) is 5.32 Å². The molecular weight excluding hydrogens is 256 g/mol. The molecule has 1 rings (SSSR count). The highest BCUT2D eigenvalue weighted by Gasteiger charge is 2.08. The molecule has 0 amide bonds. The van der Waals surface area contributed by atoms with E-state index >= 15 is 0 Å². The van der Waals surface area contributed by atoms with Crippen molar-refractivity contribution in [2.75, 3.05) is 0 Å². The van der Waals surface area contributed by atoms with Gasteiger partial charge in [0.15, 0.2) is 0 Å². The minimum Gasteiger partial charge on any atom is -0.310 e. The van der Waals surface area contributed by atoms with Crippen LogP contribution in [0.15, 0.2) is 24.3 Å². The third-order valence-electron chi connectivity index (χ3n) is 3.96. The van der Waals surface area contributed by atoms with Gasteiger partial charge in [0.1, 0.15) is 0 Å². The Balaban J connectivity index is 2.44. The maximum absolute atomic E-state index is 8.96. The molecule has 0 heterocycles. The van der Waals surface area contributed by atoms with E-state index in [0.29, 0.717) is 6.04 Å². The fraction of sp³-hybridized carbons (Fsp3) is 0.632. The minimum absolute atomic E-state index is 0.619. The Labute approximate surface area is 130 Å². The molecule has 0 bridgehead atoms. The van der Waals surface area contributed by atoms with Crippen LogP contribution in [0.5, 0.6) is 0 Å².